The SMILES string of the molecule is CCCCOc1ccc(Cl)cc1C(=O)Nc1ccccc1OC. The van der Waals surface area contributed by atoms with E-state index in [0.717, 1.165) is 12.8 Å². The molecule has 23 heavy (non-hydrogen) atoms. The van der Waals surface area contributed by atoms with Crippen LogP contribution in [0.2, 0.25) is 5.02 Å². The summed E-state index contributed by atoms with van der Waals surface area (Å²) in [5, 5.41) is 3.32. The molecule has 2 aromatic carbocycles. The molecule has 0 aromatic heterocycles. The number of halogens is 1. The molecule has 0 fully saturated rings. The molecule has 0 spiro atoms. The first-order valence-electron chi connectivity index (χ1n) is 7.52. The number of anilines is 1. The number of hydrogen-bond acceptors (Lipinski definition) is 3. The maximum Gasteiger partial charge on any atom is 0.259 e. The van der Waals surface area contributed by atoms with Crippen molar-refractivity contribution in [2.45, 2.75) is 19.8 Å². The van der Waals surface area contributed by atoms with Crippen LogP contribution in [0.5, 0.6) is 11.5 Å². The van der Waals surface area contributed by atoms with E-state index in [2.05, 4.69) is 12.2 Å². The number of nitrogens with one attached hydrogen (secondary N) is 1. The topological polar surface area (TPSA) is 47.6 Å². The van der Waals surface area contributed by atoms with Crippen molar-refractivity contribution >= 4 is 23.2 Å². The summed E-state index contributed by atoms with van der Waals surface area (Å²) in [5.41, 5.74) is 0.999. The van der Waals surface area contributed by atoms with Gasteiger partial charge < -0.3 is 14.8 Å². The van der Waals surface area contributed by atoms with Gasteiger partial charge in [0.2, 0.25) is 0 Å². The fraction of sp³-hybridized carbons (Fsp3) is 0.278. The lowest BCUT2D eigenvalue weighted by molar-refractivity contribution is 0.102. The minimum absolute atomic E-state index is 0.288. The van der Waals surface area contributed by atoms with E-state index in [1.165, 1.54) is 0 Å². The minimum Gasteiger partial charge on any atom is -0.495 e. The van der Waals surface area contributed by atoms with Gasteiger partial charge in [0.05, 0.1) is 25.0 Å². The van der Waals surface area contributed by atoms with Crippen molar-refractivity contribution in [1.29, 1.82) is 0 Å². The van der Waals surface area contributed by atoms with Gasteiger partial charge in [0.25, 0.3) is 5.91 Å². The normalized spacial score (nSPS) is 10.2. The summed E-state index contributed by atoms with van der Waals surface area (Å²) < 4.78 is 10.9. The first-order chi connectivity index (χ1) is 11.2. The van der Waals surface area contributed by atoms with Crippen LogP contribution in [-0.2, 0) is 0 Å². The van der Waals surface area contributed by atoms with Crippen LogP contribution in [0.15, 0.2) is 42.5 Å². The lowest BCUT2D eigenvalue weighted by atomic mass is 10.1. The average molecular weight is 334 g/mol. The van der Waals surface area contributed by atoms with Crippen LogP contribution in [0, 0.1) is 0 Å². The second-order valence-electron chi connectivity index (χ2n) is 5.00. The Balaban J connectivity index is 2.22. The van der Waals surface area contributed by atoms with Crippen LogP contribution in [-0.4, -0.2) is 19.6 Å². The highest BCUT2D eigenvalue weighted by Crippen LogP contribution is 2.27. The van der Waals surface area contributed by atoms with E-state index < -0.39 is 0 Å². The molecule has 0 aliphatic rings. The predicted octanol–water partition coefficient (Wildman–Crippen LogP) is 4.78. The zero-order valence-electron chi connectivity index (χ0n) is 13.3. The van der Waals surface area contributed by atoms with E-state index in [1.807, 2.05) is 12.1 Å². The second-order valence-corrected chi connectivity index (χ2v) is 5.43. The number of amides is 1. The minimum atomic E-state index is -0.288. The number of unbranched alkanes of at least 4 members (excludes halogenated alkanes) is 1. The van der Waals surface area contributed by atoms with E-state index in [4.69, 9.17) is 21.1 Å². The molecule has 4 nitrogen and oxygen atoms in total. The highest BCUT2D eigenvalue weighted by molar-refractivity contribution is 6.31. The fourth-order valence-corrected chi connectivity index (χ4v) is 2.24. The Hall–Kier alpha value is -2.20. The van der Waals surface area contributed by atoms with Crippen molar-refractivity contribution in [3.05, 3.63) is 53.1 Å². The largest absolute Gasteiger partial charge is 0.495 e. The van der Waals surface area contributed by atoms with Gasteiger partial charge in [0, 0.05) is 5.02 Å². The zero-order valence-corrected chi connectivity index (χ0v) is 14.0. The molecular formula is C18H20ClNO3. The van der Waals surface area contributed by atoms with Gasteiger partial charge in [-0.15, -0.1) is 0 Å². The fourth-order valence-electron chi connectivity index (χ4n) is 2.07. The molecule has 122 valence electrons. The lowest BCUT2D eigenvalue weighted by Gasteiger charge is -2.13. The summed E-state index contributed by atoms with van der Waals surface area (Å²) in [6.07, 6.45) is 1.95. The maximum absolute atomic E-state index is 12.6. The van der Waals surface area contributed by atoms with Crippen molar-refractivity contribution < 1.29 is 14.3 Å². The van der Waals surface area contributed by atoms with Crippen LogP contribution in [0.3, 0.4) is 0 Å². The molecule has 0 aliphatic heterocycles. The van der Waals surface area contributed by atoms with Gasteiger partial charge in [-0.05, 0) is 36.8 Å². The van der Waals surface area contributed by atoms with Crippen LogP contribution >= 0.6 is 11.6 Å². The Labute approximate surface area is 141 Å². The summed E-state index contributed by atoms with van der Waals surface area (Å²) >= 11 is 6.02. The number of carbonyl (C=O) groups is 1. The Kier molecular flexibility index (Phi) is 6.29. The van der Waals surface area contributed by atoms with Gasteiger partial charge in [-0.25, -0.2) is 0 Å². The van der Waals surface area contributed by atoms with Crippen LogP contribution in [0.4, 0.5) is 5.69 Å². The van der Waals surface area contributed by atoms with Crippen LogP contribution in [0.1, 0.15) is 30.1 Å². The lowest BCUT2D eigenvalue weighted by Crippen LogP contribution is -2.14. The van der Waals surface area contributed by atoms with Crippen molar-refractivity contribution in [3.8, 4) is 11.5 Å². The number of ether oxygens (including phenoxy) is 2. The number of methoxy groups -OCH3 is 1. The Morgan fingerprint density at radius 3 is 2.70 bits per heavy atom. The van der Waals surface area contributed by atoms with Gasteiger partial charge in [-0.3, -0.25) is 4.79 Å². The quantitative estimate of drug-likeness (QED) is 0.742. The molecule has 0 saturated carbocycles. The average Bonchev–Trinajstić information content (AvgIpc) is 2.56. The van der Waals surface area contributed by atoms with Gasteiger partial charge >= 0.3 is 0 Å². The number of para-hydroxylation sites is 2. The molecule has 0 saturated heterocycles. The first kappa shape index (κ1) is 17.2. The Morgan fingerprint density at radius 2 is 1.96 bits per heavy atom. The number of rotatable bonds is 7. The van der Waals surface area contributed by atoms with E-state index in [1.54, 1.807) is 37.4 Å². The van der Waals surface area contributed by atoms with Crippen molar-refractivity contribution in [1.82, 2.24) is 0 Å². The van der Waals surface area contributed by atoms with E-state index in [0.29, 0.717) is 34.4 Å². The van der Waals surface area contributed by atoms with Crippen LogP contribution < -0.4 is 14.8 Å². The second kappa shape index (κ2) is 8.44. The molecule has 2 aromatic rings. The monoisotopic (exact) mass is 333 g/mol. The molecule has 0 unspecified atom stereocenters. The van der Waals surface area contributed by atoms with Gasteiger partial charge in [0.15, 0.2) is 0 Å². The van der Waals surface area contributed by atoms with Crippen LogP contribution in [0.25, 0.3) is 0 Å². The summed E-state index contributed by atoms with van der Waals surface area (Å²) in [7, 11) is 1.56. The molecule has 0 heterocycles. The molecule has 0 bridgehead atoms. The standard InChI is InChI=1S/C18H20ClNO3/c1-3-4-11-23-16-10-9-13(19)12-14(16)18(21)20-15-7-5-6-8-17(15)22-2/h5-10,12H,3-4,11H2,1-2H3,(H,20,21). The van der Waals surface area contributed by atoms with E-state index in [9.17, 15) is 4.79 Å². The summed E-state index contributed by atoms with van der Waals surface area (Å²) in [6, 6.07) is 12.3. The van der Waals surface area contributed by atoms with E-state index in [-0.39, 0.29) is 5.91 Å². The molecule has 1 N–H and O–H groups in total. The van der Waals surface area contributed by atoms with Crippen molar-refractivity contribution in [2.24, 2.45) is 0 Å². The Morgan fingerprint density at radius 1 is 1.17 bits per heavy atom. The third-order valence-corrected chi connectivity index (χ3v) is 3.53. The number of carbonyl (C=O) groups excluding carboxylic acids is 1. The smallest absolute Gasteiger partial charge is 0.259 e. The molecule has 5 heteroatoms. The van der Waals surface area contributed by atoms with Gasteiger partial charge in [-0.2, -0.15) is 0 Å². The third-order valence-electron chi connectivity index (χ3n) is 3.30. The highest BCUT2D eigenvalue weighted by Gasteiger charge is 2.15. The summed E-state index contributed by atoms with van der Waals surface area (Å²) in [5.74, 6) is 0.829. The molecular weight excluding hydrogens is 314 g/mol. The van der Waals surface area contributed by atoms with Crippen molar-refractivity contribution in [2.75, 3.05) is 19.0 Å². The van der Waals surface area contributed by atoms with E-state index >= 15 is 0 Å². The maximum atomic E-state index is 12.6. The van der Waals surface area contributed by atoms with Gasteiger partial charge in [0.1, 0.15) is 11.5 Å². The number of hydrogen-bond donors (Lipinski definition) is 1. The molecule has 1 amide bonds. The summed E-state index contributed by atoms with van der Waals surface area (Å²) in [4.78, 5) is 12.6. The van der Waals surface area contributed by atoms with Crippen molar-refractivity contribution in [3.63, 3.8) is 0 Å². The zero-order chi connectivity index (χ0) is 16.7. The van der Waals surface area contributed by atoms with Gasteiger partial charge in [-0.1, -0.05) is 37.1 Å². The first-order valence-corrected chi connectivity index (χ1v) is 7.90. The predicted molar refractivity (Wildman–Crippen MR) is 92.8 cm³/mol. The molecule has 0 atom stereocenters. The summed E-state index contributed by atoms with van der Waals surface area (Å²) in [6.45, 7) is 2.65. The Bertz CT molecular complexity index is 673. The molecule has 0 aliphatic carbocycles. The third kappa shape index (κ3) is 4.63. The number of benzene rings is 2. The molecule has 0 radical (unpaired) electrons. The molecule has 2 rings (SSSR count). The highest BCUT2D eigenvalue weighted by atomic mass is 35.5.